The van der Waals surface area contributed by atoms with Crippen LogP contribution in [0.1, 0.15) is 10.5 Å². The topological polar surface area (TPSA) is 59.9 Å². The summed E-state index contributed by atoms with van der Waals surface area (Å²) in [5.41, 5.74) is 2.48. The van der Waals surface area contributed by atoms with Crippen molar-refractivity contribution in [2.75, 3.05) is 7.11 Å². The number of carbonyl (C=O) groups is 1. The molecule has 0 amide bonds. The lowest BCUT2D eigenvalue weighted by atomic mass is 10.3. The van der Waals surface area contributed by atoms with Gasteiger partial charge in [0.05, 0.1) is 18.1 Å². The van der Waals surface area contributed by atoms with Gasteiger partial charge in [-0.25, -0.2) is 14.2 Å². The summed E-state index contributed by atoms with van der Waals surface area (Å²) in [6, 6.07) is 6.11. The fourth-order valence-electron chi connectivity index (χ4n) is 2.18. The van der Waals surface area contributed by atoms with E-state index in [0.29, 0.717) is 17.0 Å². The van der Waals surface area contributed by atoms with Crippen LogP contribution >= 0.6 is 0 Å². The lowest BCUT2D eigenvalue weighted by Gasteiger charge is -1.99. The number of esters is 1. The van der Waals surface area contributed by atoms with E-state index in [9.17, 15) is 9.18 Å². The van der Waals surface area contributed by atoms with E-state index in [1.54, 1.807) is 18.3 Å². The summed E-state index contributed by atoms with van der Waals surface area (Å²) in [4.78, 5) is 18.7. The molecule has 0 atom stereocenters. The minimum Gasteiger partial charge on any atom is -0.464 e. The number of aryl methyl sites for hydroxylation is 1. The molecule has 0 aliphatic carbocycles. The zero-order valence-corrected chi connectivity index (χ0v) is 11.0. The molecule has 1 aromatic carbocycles. The van der Waals surface area contributed by atoms with Gasteiger partial charge in [-0.3, -0.25) is 0 Å². The van der Waals surface area contributed by atoms with E-state index < -0.39 is 5.97 Å². The number of nitrogens with one attached hydrogen (secondary N) is 1. The van der Waals surface area contributed by atoms with Crippen LogP contribution in [0.2, 0.25) is 0 Å². The van der Waals surface area contributed by atoms with Gasteiger partial charge in [0.15, 0.2) is 0 Å². The van der Waals surface area contributed by atoms with Gasteiger partial charge in [-0.1, -0.05) is 0 Å². The van der Waals surface area contributed by atoms with Gasteiger partial charge < -0.3 is 14.3 Å². The lowest BCUT2D eigenvalue weighted by molar-refractivity contribution is 0.0595. The Morgan fingerprint density at radius 2 is 2.20 bits per heavy atom. The predicted octanol–water partition coefficient (Wildman–Crippen LogP) is 2.49. The summed E-state index contributed by atoms with van der Waals surface area (Å²) in [5.74, 6) is -0.121. The molecule has 0 fully saturated rings. The third-order valence-electron chi connectivity index (χ3n) is 3.19. The first-order valence-corrected chi connectivity index (χ1v) is 5.99. The SMILES string of the molecule is COC(=O)c1cc(-c2nc3cc(F)ccc3n2C)c[nH]1. The zero-order chi connectivity index (χ0) is 14.3. The zero-order valence-electron chi connectivity index (χ0n) is 11.0. The number of fused-ring (bicyclic) bond motifs is 1. The molecule has 3 rings (SSSR count). The molecule has 0 bridgehead atoms. The van der Waals surface area contributed by atoms with Crippen molar-refractivity contribution in [2.45, 2.75) is 0 Å². The normalized spacial score (nSPS) is 10.9. The van der Waals surface area contributed by atoms with Gasteiger partial charge >= 0.3 is 5.97 Å². The maximum atomic E-state index is 13.2. The van der Waals surface area contributed by atoms with Gasteiger partial charge in [0.1, 0.15) is 17.3 Å². The van der Waals surface area contributed by atoms with Crippen LogP contribution in [0.3, 0.4) is 0 Å². The average molecular weight is 273 g/mol. The summed E-state index contributed by atoms with van der Waals surface area (Å²) in [7, 11) is 3.16. The molecule has 2 aromatic heterocycles. The second-order valence-electron chi connectivity index (χ2n) is 4.42. The second-order valence-corrected chi connectivity index (χ2v) is 4.42. The number of ether oxygens (including phenoxy) is 1. The number of methoxy groups -OCH3 is 1. The minimum absolute atomic E-state index is 0.327. The van der Waals surface area contributed by atoms with Crippen LogP contribution in [-0.4, -0.2) is 27.6 Å². The summed E-state index contributed by atoms with van der Waals surface area (Å²) in [5, 5.41) is 0. The number of aromatic amines is 1. The number of rotatable bonds is 2. The molecule has 0 spiro atoms. The Kier molecular flexibility index (Phi) is 2.78. The number of carbonyl (C=O) groups excluding carboxylic acids is 1. The van der Waals surface area contributed by atoms with E-state index in [1.807, 2.05) is 11.6 Å². The fraction of sp³-hybridized carbons (Fsp3) is 0.143. The van der Waals surface area contributed by atoms with Gasteiger partial charge in [-0.15, -0.1) is 0 Å². The molecule has 5 nitrogen and oxygen atoms in total. The molecule has 0 aliphatic heterocycles. The van der Waals surface area contributed by atoms with E-state index in [0.717, 1.165) is 11.1 Å². The Bertz CT molecular complexity index is 804. The fourth-order valence-corrected chi connectivity index (χ4v) is 2.18. The second kappa shape index (κ2) is 4.48. The molecule has 20 heavy (non-hydrogen) atoms. The minimum atomic E-state index is -0.443. The molecule has 0 aliphatic rings. The third-order valence-corrected chi connectivity index (χ3v) is 3.19. The summed E-state index contributed by atoms with van der Waals surface area (Å²) in [6.45, 7) is 0. The van der Waals surface area contributed by atoms with Gasteiger partial charge in [0, 0.05) is 24.9 Å². The number of benzene rings is 1. The van der Waals surface area contributed by atoms with Gasteiger partial charge in [0.25, 0.3) is 0 Å². The van der Waals surface area contributed by atoms with Gasteiger partial charge in [-0.2, -0.15) is 0 Å². The van der Waals surface area contributed by atoms with Crippen molar-refractivity contribution in [1.29, 1.82) is 0 Å². The molecular weight excluding hydrogens is 261 g/mol. The van der Waals surface area contributed by atoms with Crippen LogP contribution in [0.4, 0.5) is 4.39 Å². The average Bonchev–Trinajstić information content (AvgIpc) is 3.03. The molecule has 0 unspecified atom stereocenters. The van der Waals surface area contributed by atoms with Crippen molar-refractivity contribution >= 4 is 17.0 Å². The van der Waals surface area contributed by atoms with Gasteiger partial charge in [0.2, 0.25) is 0 Å². The highest BCUT2D eigenvalue weighted by Gasteiger charge is 2.14. The Labute approximate surface area is 114 Å². The van der Waals surface area contributed by atoms with Crippen molar-refractivity contribution in [3.8, 4) is 11.4 Å². The highest BCUT2D eigenvalue weighted by atomic mass is 19.1. The quantitative estimate of drug-likeness (QED) is 0.730. The van der Waals surface area contributed by atoms with Crippen LogP contribution in [0.15, 0.2) is 30.5 Å². The first-order valence-electron chi connectivity index (χ1n) is 5.99. The first kappa shape index (κ1) is 12.4. The number of nitrogens with zero attached hydrogens (tertiary/aromatic N) is 2. The summed E-state index contributed by atoms with van der Waals surface area (Å²) in [6.07, 6.45) is 1.67. The number of H-pyrrole nitrogens is 1. The monoisotopic (exact) mass is 273 g/mol. The van der Waals surface area contributed by atoms with Crippen molar-refractivity contribution in [3.05, 3.63) is 42.0 Å². The molecule has 102 valence electrons. The van der Waals surface area contributed by atoms with E-state index >= 15 is 0 Å². The maximum absolute atomic E-state index is 13.2. The van der Waals surface area contributed by atoms with E-state index in [-0.39, 0.29) is 5.82 Å². The summed E-state index contributed by atoms with van der Waals surface area (Å²) >= 11 is 0. The highest BCUT2D eigenvalue weighted by Crippen LogP contribution is 2.24. The molecular formula is C14H12FN3O2. The summed E-state index contributed by atoms with van der Waals surface area (Å²) < 4.78 is 19.7. The predicted molar refractivity (Wildman–Crippen MR) is 71.8 cm³/mol. The van der Waals surface area contributed by atoms with Crippen LogP contribution in [-0.2, 0) is 11.8 Å². The van der Waals surface area contributed by atoms with E-state index in [1.165, 1.54) is 19.2 Å². The number of halogens is 1. The van der Waals surface area contributed by atoms with Gasteiger partial charge in [-0.05, 0) is 18.2 Å². The number of aromatic nitrogens is 3. The standard InChI is InChI=1S/C14H12FN3O2/c1-18-12-4-3-9(15)6-10(12)17-13(18)8-5-11(16-7-8)14(19)20-2/h3-7,16H,1-2H3. The largest absolute Gasteiger partial charge is 0.464 e. The molecule has 0 radical (unpaired) electrons. The van der Waals surface area contributed by atoms with Crippen LogP contribution in [0.5, 0.6) is 0 Å². The Hall–Kier alpha value is -2.63. The molecule has 6 heteroatoms. The number of hydrogen-bond donors (Lipinski definition) is 1. The maximum Gasteiger partial charge on any atom is 0.354 e. The highest BCUT2D eigenvalue weighted by molar-refractivity contribution is 5.89. The van der Waals surface area contributed by atoms with Crippen molar-refractivity contribution in [3.63, 3.8) is 0 Å². The molecule has 1 N–H and O–H groups in total. The Morgan fingerprint density at radius 3 is 2.95 bits per heavy atom. The first-order chi connectivity index (χ1) is 9.60. The number of imidazole rings is 1. The van der Waals surface area contributed by atoms with Crippen molar-refractivity contribution in [1.82, 2.24) is 14.5 Å². The molecule has 0 saturated heterocycles. The Morgan fingerprint density at radius 1 is 1.40 bits per heavy atom. The number of hydrogen-bond acceptors (Lipinski definition) is 3. The van der Waals surface area contributed by atoms with Crippen molar-refractivity contribution in [2.24, 2.45) is 7.05 Å². The van der Waals surface area contributed by atoms with E-state index in [4.69, 9.17) is 0 Å². The molecule has 2 heterocycles. The van der Waals surface area contributed by atoms with Crippen LogP contribution in [0.25, 0.3) is 22.4 Å². The lowest BCUT2D eigenvalue weighted by Crippen LogP contribution is -2.00. The van der Waals surface area contributed by atoms with E-state index in [2.05, 4.69) is 14.7 Å². The van der Waals surface area contributed by atoms with Crippen LogP contribution < -0.4 is 0 Å². The smallest absolute Gasteiger partial charge is 0.354 e. The third kappa shape index (κ3) is 1.85. The molecule has 3 aromatic rings. The van der Waals surface area contributed by atoms with Crippen molar-refractivity contribution < 1.29 is 13.9 Å². The Balaban J connectivity index is 2.12. The van der Waals surface area contributed by atoms with Crippen LogP contribution in [0, 0.1) is 5.82 Å². The molecule has 0 saturated carbocycles.